The van der Waals surface area contributed by atoms with Gasteiger partial charge in [0, 0.05) is 6.07 Å². The van der Waals surface area contributed by atoms with Crippen molar-refractivity contribution in [2.75, 3.05) is 13.2 Å². The number of rotatable bonds is 7. The van der Waals surface area contributed by atoms with Gasteiger partial charge >= 0.3 is 5.69 Å². The number of aliphatic hydroxyl groups is 7. The van der Waals surface area contributed by atoms with Crippen LogP contribution in [0.5, 0.6) is 5.75 Å². The van der Waals surface area contributed by atoms with Gasteiger partial charge in [-0.1, -0.05) is 12.1 Å². The summed E-state index contributed by atoms with van der Waals surface area (Å²) >= 11 is 0. The molecule has 180 valence electrons. The molecule has 14 heteroatoms. The van der Waals surface area contributed by atoms with Crippen LogP contribution in [-0.2, 0) is 14.2 Å². The summed E-state index contributed by atoms with van der Waals surface area (Å²) in [5.74, 6) is -0.251. The molecule has 3 rings (SSSR count). The summed E-state index contributed by atoms with van der Waals surface area (Å²) in [5.41, 5.74) is -0.418. The van der Waals surface area contributed by atoms with Gasteiger partial charge in [-0.05, 0) is 6.07 Å². The molecule has 2 fully saturated rings. The molecule has 32 heavy (non-hydrogen) atoms. The van der Waals surface area contributed by atoms with Crippen molar-refractivity contribution in [3.8, 4) is 5.75 Å². The number of hydrogen-bond donors (Lipinski definition) is 7. The lowest BCUT2D eigenvalue weighted by Crippen LogP contribution is -2.65. The molecule has 2 heterocycles. The second-order valence-electron chi connectivity index (χ2n) is 7.35. The maximum absolute atomic E-state index is 11.2. The van der Waals surface area contributed by atoms with E-state index in [1.54, 1.807) is 0 Å². The summed E-state index contributed by atoms with van der Waals surface area (Å²) in [7, 11) is 0. The fourth-order valence-electron chi connectivity index (χ4n) is 3.49. The molecule has 2 saturated heterocycles. The van der Waals surface area contributed by atoms with Crippen molar-refractivity contribution in [2.45, 2.75) is 61.4 Å². The topological polar surface area (TPSA) is 222 Å². The number of aliphatic hydroxyl groups excluding tert-OH is 7. The first-order valence-electron chi connectivity index (χ1n) is 9.68. The van der Waals surface area contributed by atoms with Crippen LogP contribution < -0.4 is 4.74 Å². The Hall–Kier alpha value is -1.98. The van der Waals surface area contributed by atoms with Gasteiger partial charge in [-0.15, -0.1) is 0 Å². The highest BCUT2D eigenvalue weighted by Gasteiger charge is 2.51. The maximum atomic E-state index is 11.2. The van der Waals surface area contributed by atoms with Gasteiger partial charge in [-0.2, -0.15) is 0 Å². The van der Waals surface area contributed by atoms with Crippen LogP contribution in [0.15, 0.2) is 24.3 Å². The molecule has 7 N–H and O–H groups in total. The third-order valence-corrected chi connectivity index (χ3v) is 5.27. The van der Waals surface area contributed by atoms with Gasteiger partial charge in [-0.25, -0.2) is 0 Å². The fraction of sp³-hybridized carbons (Fsp3) is 0.667. The van der Waals surface area contributed by atoms with Crippen LogP contribution in [0.25, 0.3) is 0 Å². The third-order valence-electron chi connectivity index (χ3n) is 5.27. The number of ether oxygens (including phenoxy) is 4. The molecule has 4 unspecified atom stereocenters. The van der Waals surface area contributed by atoms with Crippen LogP contribution in [0.1, 0.15) is 0 Å². The minimum absolute atomic E-state index is 0.251. The molecule has 0 saturated carbocycles. The molecule has 0 radical (unpaired) electrons. The van der Waals surface area contributed by atoms with Gasteiger partial charge in [0.25, 0.3) is 0 Å². The predicted octanol–water partition coefficient (Wildman–Crippen LogP) is -3.40. The number of nitrogens with zero attached hydrogens (tertiary/aromatic N) is 1. The van der Waals surface area contributed by atoms with Gasteiger partial charge in [0.15, 0.2) is 12.0 Å². The first-order valence-corrected chi connectivity index (χ1v) is 9.68. The lowest BCUT2D eigenvalue weighted by atomic mass is 9.97. The van der Waals surface area contributed by atoms with E-state index in [0.717, 1.165) is 6.07 Å². The van der Waals surface area contributed by atoms with Gasteiger partial charge in [0.1, 0.15) is 48.8 Å². The zero-order valence-electron chi connectivity index (χ0n) is 16.5. The average molecular weight is 463 g/mol. The molecular weight excluding hydrogens is 438 g/mol. The highest BCUT2D eigenvalue weighted by Crippen LogP contribution is 2.33. The number of hydrogen-bond acceptors (Lipinski definition) is 13. The summed E-state index contributed by atoms with van der Waals surface area (Å²) < 4.78 is 21.4. The molecule has 10 atom stereocenters. The molecule has 2 aliphatic rings. The SMILES string of the molecule is O=[N+]([O-])c1ccccc1O[C@@H]1OC(CO)[C@@H](O[C@@H]2OC(CO)[C@@H](O)[C@H](O)C2O)[C@H](O)C1O. The Balaban J connectivity index is 1.75. The number of para-hydroxylation sites is 2. The average Bonchev–Trinajstić information content (AvgIpc) is 2.78. The summed E-state index contributed by atoms with van der Waals surface area (Å²) in [6.45, 7) is -1.48. The summed E-state index contributed by atoms with van der Waals surface area (Å²) in [5, 5.41) is 80.9. The second-order valence-corrected chi connectivity index (χ2v) is 7.35. The Morgan fingerprint density at radius 3 is 2.06 bits per heavy atom. The van der Waals surface area contributed by atoms with E-state index < -0.39 is 85.2 Å². The van der Waals surface area contributed by atoms with Gasteiger partial charge < -0.3 is 54.7 Å². The molecular formula is C18H25NO13. The third kappa shape index (κ3) is 4.84. The quantitative estimate of drug-likeness (QED) is 0.155. The van der Waals surface area contributed by atoms with Crippen molar-refractivity contribution in [3.05, 3.63) is 34.4 Å². The minimum atomic E-state index is -1.81. The fourth-order valence-corrected chi connectivity index (χ4v) is 3.49. The molecule has 0 amide bonds. The van der Waals surface area contributed by atoms with E-state index in [9.17, 15) is 45.9 Å². The normalized spacial score (nSPS) is 40.1. The van der Waals surface area contributed by atoms with Crippen molar-refractivity contribution in [3.63, 3.8) is 0 Å². The molecule has 0 bridgehead atoms. The molecule has 0 aliphatic carbocycles. The zero-order valence-corrected chi connectivity index (χ0v) is 16.5. The van der Waals surface area contributed by atoms with Crippen LogP contribution in [0, 0.1) is 10.1 Å². The van der Waals surface area contributed by atoms with Crippen LogP contribution in [0.2, 0.25) is 0 Å². The van der Waals surface area contributed by atoms with Crippen molar-refractivity contribution >= 4 is 5.69 Å². The Morgan fingerprint density at radius 1 is 0.844 bits per heavy atom. The summed E-state index contributed by atoms with van der Waals surface area (Å²) in [6.07, 6.45) is -16.2. The molecule has 1 aromatic rings. The van der Waals surface area contributed by atoms with E-state index in [0.29, 0.717) is 0 Å². The number of nitro groups is 1. The van der Waals surface area contributed by atoms with E-state index in [1.165, 1.54) is 18.2 Å². The standard InChI is InChI=1S/C18H25NO13/c20-5-9-11(22)12(23)14(25)18(30-9)32-16-10(6-21)31-17(15(26)13(16)24)29-8-4-2-1-3-7(8)19(27)28/h1-4,9-18,20-26H,5-6H2/t9?,10?,11-,12+,13-,14?,15?,16-,17-,18+/m1/s1. The largest absolute Gasteiger partial charge is 0.455 e. The number of nitro benzene ring substituents is 1. The zero-order chi connectivity index (χ0) is 23.6. The molecule has 0 spiro atoms. The van der Waals surface area contributed by atoms with Crippen molar-refractivity contribution in [1.29, 1.82) is 0 Å². The van der Waals surface area contributed by atoms with Crippen LogP contribution in [0.3, 0.4) is 0 Å². The molecule has 1 aromatic carbocycles. The smallest absolute Gasteiger partial charge is 0.311 e. The Labute approximate surface area is 180 Å². The van der Waals surface area contributed by atoms with Crippen LogP contribution in [-0.4, -0.2) is 115 Å². The monoisotopic (exact) mass is 463 g/mol. The second kappa shape index (κ2) is 10.3. The predicted molar refractivity (Wildman–Crippen MR) is 100 cm³/mol. The lowest BCUT2D eigenvalue weighted by molar-refractivity contribution is -0.387. The van der Waals surface area contributed by atoms with Gasteiger partial charge in [0.05, 0.1) is 18.1 Å². The summed E-state index contributed by atoms with van der Waals surface area (Å²) in [4.78, 5) is 10.4. The first kappa shape index (κ1) is 24.7. The van der Waals surface area contributed by atoms with Gasteiger partial charge in [-0.3, -0.25) is 10.1 Å². The van der Waals surface area contributed by atoms with E-state index in [-0.39, 0.29) is 5.75 Å². The maximum Gasteiger partial charge on any atom is 0.311 e. The molecule has 2 aliphatic heterocycles. The lowest BCUT2D eigenvalue weighted by Gasteiger charge is -2.45. The van der Waals surface area contributed by atoms with Crippen molar-refractivity contribution < 1.29 is 59.6 Å². The number of benzene rings is 1. The Bertz CT molecular complexity index is 777. The molecule has 14 nitrogen and oxygen atoms in total. The van der Waals surface area contributed by atoms with E-state index in [4.69, 9.17) is 18.9 Å². The van der Waals surface area contributed by atoms with E-state index in [1.807, 2.05) is 0 Å². The highest BCUT2D eigenvalue weighted by atomic mass is 16.7. The van der Waals surface area contributed by atoms with E-state index >= 15 is 0 Å². The Morgan fingerprint density at radius 2 is 1.44 bits per heavy atom. The van der Waals surface area contributed by atoms with E-state index in [2.05, 4.69) is 0 Å². The van der Waals surface area contributed by atoms with Crippen LogP contribution >= 0.6 is 0 Å². The first-order chi connectivity index (χ1) is 15.2. The summed E-state index contributed by atoms with van der Waals surface area (Å²) in [6, 6.07) is 5.27. The van der Waals surface area contributed by atoms with Gasteiger partial charge in [0.2, 0.25) is 6.29 Å². The molecule has 0 aromatic heterocycles. The highest BCUT2D eigenvalue weighted by molar-refractivity contribution is 5.45. The van der Waals surface area contributed by atoms with Crippen molar-refractivity contribution in [2.24, 2.45) is 0 Å². The Kier molecular flexibility index (Phi) is 7.94. The minimum Gasteiger partial charge on any atom is -0.455 e. The van der Waals surface area contributed by atoms with Crippen molar-refractivity contribution in [1.82, 2.24) is 0 Å². The van der Waals surface area contributed by atoms with Crippen LogP contribution in [0.4, 0.5) is 5.69 Å².